The summed E-state index contributed by atoms with van der Waals surface area (Å²) in [7, 11) is 0. The second-order valence-electron chi connectivity index (χ2n) is 6.78. The molecule has 0 amide bonds. The number of anilines is 2. The van der Waals surface area contributed by atoms with Gasteiger partial charge in [-0.15, -0.1) is 0 Å². The number of aryl methyl sites for hydroxylation is 1. The van der Waals surface area contributed by atoms with E-state index in [2.05, 4.69) is 15.0 Å². The fraction of sp³-hybridized carbons (Fsp3) is 0.471. The highest BCUT2D eigenvalue weighted by atomic mass is 19.4. The molecule has 2 aromatic heterocycles. The second-order valence-corrected chi connectivity index (χ2v) is 6.78. The minimum Gasteiger partial charge on any atom is -0.368 e. The van der Waals surface area contributed by atoms with Crippen LogP contribution in [0.1, 0.15) is 36.1 Å². The first-order valence-electron chi connectivity index (χ1n) is 8.28. The molecule has 132 valence electrons. The molecule has 25 heavy (non-hydrogen) atoms. The summed E-state index contributed by atoms with van der Waals surface area (Å²) in [5.74, 6) is 0.218. The first-order valence-corrected chi connectivity index (χ1v) is 8.28. The predicted molar refractivity (Wildman–Crippen MR) is 87.1 cm³/mol. The van der Waals surface area contributed by atoms with Crippen molar-refractivity contribution < 1.29 is 13.2 Å². The number of rotatable bonds is 1. The maximum absolute atomic E-state index is 13.4. The highest BCUT2D eigenvalue weighted by Crippen LogP contribution is 2.46. The van der Waals surface area contributed by atoms with E-state index in [4.69, 9.17) is 5.73 Å². The molecule has 4 rings (SSSR count). The number of pyridine rings is 1. The van der Waals surface area contributed by atoms with Crippen molar-refractivity contribution in [3.63, 3.8) is 0 Å². The Bertz CT molecular complexity index is 803. The van der Waals surface area contributed by atoms with E-state index in [0.29, 0.717) is 13.1 Å². The van der Waals surface area contributed by atoms with Crippen LogP contribution in [0.4, 0.5) is 24.9 Å². The lowest BCUT2D eigenvalue weighted by atomic mass is 9.77. The minimum absolute atomic E-state index is 0.00422. The Labute approximate surface area is 143 Å². The number of aromatic nitrogens is 3. The normalized spacial score (nSPS) is 23.1. The lowest BCUT2D eigenvalue weighted by Gasteiger charge is -2.41. The maximum atomic E-state index is 13.4. The smallest absolute Gasteiger partial charge is 0.368 e. The molecule has 0 aromatic carbocycles. The average molecular weight is 349 g/mol. The summed E-state index contributed by atoms with van der Waals surface area (Å²) in [5.41, 5.74) is 6.74. The van der Waals surface area contributed by atoms with Crippen molar-refractivity contribution in [1.29, 1.82) is 0 Å². The third-order valence-electron chi connectivity index (χ3n) is 5.23. The highest BCUT2D eigenvalue weighted by molar-refractivity contribution is 5.51. The van der Waals surface area contributed by atoms with Crippen LogP contribution in [0.25, 0.3) is 0 Å². The van der Waals surface area contributed by atoms with E-state index in [9.17, 15) is 13.2 Å². The zero-order valence-corrected chi connectivity index (χ0v) is 13.6. The van der Waals surface area contributed by atoms with Crippen LogP contribution in [0, 0.1) is 0 Å². The van der Waals surface area contributed by atoms with Gasteiger partial charge in [0.15, 0.2) is 0 Å². The zero-order chi connectivity index (χ0) is 17.7. The molecule has 3 heterocycles. The molecule has 2 aromatic rings. The third kappa shape index (κ3) is 2.69. The van der Waals surface area contributed by atoms with Crippen LogP contribution in [0.15, 0.2) is 24.5 Å². The van der Waals surface area contributed by atoms with Gasteiger partial charge in [0.25, 0.3) is 0 Å². The first-order chi connectivity index (χ1) is 11.9. The van der Waals surface area contributed by atoms with Crippen molar-refractivity contribution in [1.82, 2.24) is 15.0 Å². The first kappa shape index (κ1) is 16.1. The number of nitrogens with two attached hydrogens (primary N) is 1. The number of fused-ring (bicyclic) bond motifs is 2. The Morgan fingerprint density at radius 3 is 2.84 bits per heavy atom. The van der Waals surface area contributed by atoms with Gasteiger partial charge in [0, 0.05) is 30.9 Å². The van der Waals surface area contributed by atoms with Crippen LogP contribution >= 0.6 is 0 Å². The number of nitrogen functional groups attached to an aromatic ring is 1. The van der Waals surface area contributed by atoms with Crippen LogP contribution in [0.2, 0.25) is 0 Å². The fourth-order valence-corrected chi connectivity index (χ4v) is 4.14. The topological polar surface area (TPSA) is 67.9 Å². The second kappa shape index (κ2) is 5.57. The largest absolute Gasteiger partial charge is 0.419 e. The monoisotopic (exact) mass is 349 g/mol. The van der Waals surface area contributed by atoms with Crippen molar-refractivity contribution in [3.8, 4) is 0 Å². The number of halogens is 3. The summed E-state index contributed by atoms with van der Waals surface area (Å²) in [6.45, 7) is 1.02. The van der Waals surface area contributed by atoms with E-state index >= 15 is 0 Å². The molecule has 0 radical (unpaired) electrons. The van der Waals surface area contributed by atoms with Gasteiger partial charge >= 0.3 is 6.18 Å². The van der Waals surface area contributed by atoms with E-state index < -0.39 is 11.7 Å². The molecule has 1 aliphatic carbocycles. The molecule has 0 saturated carbocycles. The van der Waals surface area contributed by atoms with Crippen molar-refractivity contribution in [2.75, 3.05) is 23.7 Å². The molecule has 1 fully saturated rings. The molecule has 1 spiro atoms. The summed E-state index contributed by atoms with van der Waals surface area (Å²) in [6.07, 6.45) is 2.09. The standard InChI is InChI=1S/C17H18F3N5/c18-17(19,20)12-3-1-7-22-14(12)25-8-2-5-16(10-25)6-4-11-9-23-15(21)24-13(11)16/h1,3,7,9H,2,4-6,8,10H2,(H2,21,23,24). The van der Waals surface area contributed by atoms with Gasteiger partial charge in [-0.3, -0.25) is 0 Å². The van der Waals surface area contributed by atoms with E-state index in [1.807, 2.05) is 0 Å². The summed E-state index contributed by atoms with van der Waals surface area (Å²) in [4.78, 5) is 14.3. The number of hydrogen-bond donors (Lipinski definition) is 1. The molecule has 2 N–H and O–H groups in total. The lowest BCUT2D eigenvalue weighted by molar-refractivity contribution is -0.137. The number of nitrogens with zero attached hydrogens (tertiary/aromatic N) is 4. The van der Waals surface area contributed by atoms with E-state index in [-0.39, 0.29) is 17.2 Å². The van der Waals surface area contributed by atoms with Crippen molar-refractivity contribution >= 4 is 11.8 Å². The molecule has 1 saturated heterocycles. The fourth-order valence-electron chi connectivity index (χ4n) is 4.14. The van der Waals surface area contributed by atoms with E-state index in [1.54, 1.807) is 11.1 Å². The molecular weight excluding hydrogens is 331 g/mol. The number of piperidine rings is 1. The Morgan fingerprint density at radius 1 is 1.20 bits per heavy atom. The Balaban J connectivity index is 1.72. The highest BCUT2D eigenvalue weighted by Gasteiger charge is 2.45. The van der Waals surface area contributed by atoms with E-state index in [1.165, 1.54) is 12.3 Å². The third-order valence-corrected chi connectivity index (χ3v) is 5.23. The van der Waals surface area contributed by atoms with Crippen molar-refractivity contribution in [2.24, 2.45) is 0 Å². The van der Waals surface area contributed by atoms with Crippen LogP contribution in [0.3, 0.4) is 0 Å². The Morgan fingerprint density at radius 2 is 2.04 bits per heavy atom. The van der Waals surface area contributed by atoms with Gasteiger partial charge < -0.3 is 10.6 Å². The molecule has 1 unspecified atom stereocenters. The number of alkyl halides is 3. The Kier molecular flexibility index (Phi) is 3.59. The van der Waals surface area contributed by atoms with Crippen LogP contribution < -0.4 is 10.6 Å². The minimum atomic E-state index is -4.42. The van der Waals surface area contributed by atoms with Gasteiger partial charge in [-0.25, -0.2) is 15.0 Å². The van der Waals surface area contributed by atoms with Crippen molar-refractivity contribution in [3.05, 3.63) is 41.3 Å². The quantitative estimate of drug-likeness (QED) is 0.857. The molecule has 1 atom stereocenters. The predicted octanol–water partition coefficient (Wildman–Crippen LogP) is 2.96. The number of hydrogen-bond acceptors (Lipinski definition) is 5. The van der Waals surface area contributed by atoms with Crippen LogP contribution in [-0.4, -0.2) is 28.0 Å². The summed E-state index contributed by atoms with van der Waals surface area (Å²) >= 11 is 0. The zero-order valence-electron chi connectivity index (χ0n) is 13.6. The maximum Gasteiger partial charge on any atom is 0.419 e. The SMILES string of the molecule is Nc1ncc2c(n1)C1(CCCN(c3ncccc3C(F)(F)F)C1)CC2. The van der Waals surface area contributed by atoms with Gasteiger partial charge in [0.1, 0.15) is 5.82 Å². The molecule has 0 bridgehead atoms. The van der Waals surface area contributed by atoms with Gasteiger partial charge in [0.2, 0.25) is 5.95 Å². The van der Waals surface area contributed by atoms with Gasteiger partial charge in [-0.2, -0.15) is 13.2 Å². The van der Waals surface area contributed by atoms with Gasteiger partial charge in [-0.1, -0.05) is 0 Å². The molecule has 1 aliphatic heterocycles. The van der Waals surface area contributed by atoms with Crippen LogP contribution in [-0.2, 0) is 18.0 Å². The van der Waals surface area contributed by atoms with Crippen molar-refractivity contribution in [2.45, 2.75) is 37.3 Å². The van der Waals surface area contributed by atoms with Gasteiger partial charge in [0.05, 0.1) is 11.3 Å². The summed E-state index contributed by atoms with van der Waals surface area (Å²) in [5, 5.41) is 0. The Hall–Kier alpha value is -2.38. The summed E-state index contributed by atoms with van der Waals surface area (Å²) in [6, 6.07) is 2.41. The molecule has 2 aliphatic rings. The van der Waals surface area contributed by atoms with E-state index in [0.717, 1.165) is 43.0 Å². The van der Waals surface area contributed by atoms with Gasteiger partial charge in [-0.05, 0) is 43.4 Å². The molecule has 8 heteroatoms. The molecule has 5 nitrogen and oxygen atoms in total. The average Bonchev–Trinajstić information content (AvgIpc) is 2.92. The summed E-state index contributed by atoms with van der Waals surface area (Å²) < 4.78 is 40.1. The van der Waals surface area contributed by atoms with Crippen LogP contribution in [0.5, 0.6) is 0 Å². The lowest BCUT2D eigenvalue weighted by Crippen LogP contribution is -2.46. The molecular formula is C17H18F3N5.